The average molecular weight is 443 g/mol. The Morgan fingerprint density at radius 2 is 1.79 bits per heavy atom. The lowest BCUT2D eigenvalue weighted by atomic mass is 9.93. The monoisotopic (exact) mass is 442 g/mol. The lowest BCUT2D eigenvalue weighted by molar-refractivity contribution is -0.136. The van der Waals surface area contributed by atoms with Crippen molar-refractivity contribution in [1.29, 1.82) is 0 Å². The van der Waals surface area contributed by atoms with E-state index in [1.165, 1.54) is 5.01 Å². The summed E-state index contributed by atoms with van der Waals surface area (Å²) in [7, 11) is 0. The number of benzene rings is 2. The Morgan fingerprint density at radius 3 is 2.48 bits per heavy atom. The van der Waals surface area contributed by atoms with E-state index >= 15 is 0 Å². The number of hydrazone groups is 1. The number of rotatable bonds is 5. The standard InChI is InChI=1S/C26H26N4O3/c1-17-8-10-18(11-9-17)21-14-22(24-7-4-12-33-24)30(28-21)25(31)16-29-15-20-6-3-2-5-19(20)13-23(29)26(27)32/h2-12,22-23H,13-16H2,1H3,(H2,27,32)/t22-,23-/m0/s1. The van der Waals surface area contributed by atoms with Crippen LogP contribution in [0.15, 0.2) is 76.4 Å². The molecule has 3 heterocycles. The van der Waals surface area contributed by atoms with Crippen molar-refractivity contribution >= 4 is 17.5 Å². The predicted octanol–water partition coefficient (Wildman–Crippen LogP) is 3.18. The minimum atomic E-state index is -0.533. The lowest BCUT2D eigenvalue weighted by Crippen LogP contribution is -2.51. The molecule has 0 fully saturated rings. The molecule has 0 spiro atoms. The van der Waals surface area contributed by atoms with Crippen LogP contribution in [0.3, 0.4) is 0 Å². The Morgan fingerprint density at radius 1 is 1.03 bits per heavy atom. The van der Waals surface area contributed by atoms with Crippen molar-refractivity contribution in [3.8, 4) is 0 Å². The summed E-state index contributed by atoms with van der Waals surface area (Å²) in [6.45, 7) is 2.57. The molecule has 7 heteroatoms. The first-order valence-corrected chi connectivity index (χ1v) is 11.1. The van der Waals surface area contributed by atoms with E-state index in [0.29, 0.717) is 25.1 Å². The van der Waals surface area contributed by atoms with Gasteiger partial charge < -0.3 is 10.2 Å². The van der Waals surface area contributed by atoms with Crippen LogP contribution in [0, 0.1) is 6.92 Å². The zero-order valence-corrected chi connectivity index (χ0v) is 18.5. The number of furan rings is 1. The van der Waals surface area contributed by atoms with E-state index in [9.17, 15) is 9.59 Å². The van der Waals surface area contributed by atoms with Gasteiger partial charge in [-0.2, -0.15) is 5.10 Å². The highest BCUT2D eigenvalue weighted by Gasteiger charge is 2.38. The Kier molecular flexibility index (Phi) is 5.56. The fraction of sp³-hybridized carbons (Fsp3) is 0.269. The summed E-state index contributed by atoms with van der Waals surface area (Å²) in [5.41, 5.74) is 10.9. The van der Waals surface area contributed by atoms with E-state index in [1.54, 1.807) is 6.26 Å². The van der Waals surface area contributed by atoms with E-state index in [-0.39, 0.29) is 18.5 Å². The second kappa shape index (κ2) is 8.67. The number of fused-ring (bicyclic) bond motifs is 1. The van der Waals surface area contributed by atoms with Gasteiger partial charge in [-0.05, 0) is 42.2 Å². The van der Waals surface area contributed by atoms with E-state index in [2.05, 4.69) is 0 Å². The molecular formula is C26H26N4O3. The van der Waals surface area contributed by atoms with Gasteiger partial charge in [-0.25, -0.2) is 5.01 Å². The molecule has 0 saturated heterocycles. The van der Waals surface area contributed by atoms with Crippen LogP contribution >= 0.6 is 0 Å². The minimum Gasteiger partial charge on any atom is -0.467 e. The Hall–Kier alpha value is -3.71. The van der Waals surface area contributed by atoms with Crippen LogP contribution in [0.1, 0.15) is 40.5 Å². The van der Waals surface area contributed by atoms with Crippen molar-refractivity contribution < 1.29 is 14.0 Å². The van der Waals surface area contributed by atoms with Crippen LogP contribution in [-0.2, 0) is 22.6 Å². The van der Waals surface area contributed by atoms with Gasteiger partial charge in [0.15, 0.2) is 0 Å². The van der Waals surface area contributed by atoms with Gasteiger partial charge in [0, 0.05) is 13.0 Å². The molecule has 2 aromatic carbocycles. The van der Waals surface area contributed by atoms with Gasteiger partial charge in [0.05, 0.1) is 24.6 Å². The highest BCUT2D eigenvalue weighted by atomic mass is 16.3. The molecule has 0 unspecified atom stereocenters. The molecule has 2 aliphatic rings. The van der Waals surface area contributed by atoms with Gasteiger partial charge in [0.25, 0.3) is 5.91 Å². The van der Waals surface area contributed by atoms with Crippen molar-refractivity contribution in [2.24, 2.45) is 10.8 Å². The smallest absolute Gasteiger partial charge is 0.257 e. The number of nitrogens with zero attached hydrogens (tertiary/aromatic N) is 3. The Balaban J connectivity index is 1.42. The molecule has 0 radical (unpaired) electrons. The average Bonchev–Trinajstić information content (AvgIpc) is 3.49. The molecule has 2 amide bonds. The van der Waals surface area contributed by atoms with Crippen LogP contribution < -0.4 is 5.73 Å². The van der Waals surface area contributed by atoms with Crippen LogP contribution in [0.2, 0.25) is 0 Å². The SMILES string of the molecule is Cc1ccc(C2=NN(C(=O)CN3Cc4ccccc4C[C@H]3C(N)=O)[C@H](c3ccco3)C2)cc1. The van der Waals surface area contributed by atoms with Gasteiger partial charge in [-0.15, -0.1) is 0 Å². The number of carbonyl (C=O) groups excluding carboxylic acids is 2. The normalized spacial score (nSPS) is 20.4. The summed E-state index contributed by atoms with van der Waals surface area (Å²) in [6.07, 6.45) is 2.66. The number of amides is 2. The molecular weight excluding hydrogens is 416 g/mol. The molecule has 0 bridgehead atoms. The molecule has 168 valence electrons. The quantitative estimate of drug-likeness (QED) is 0.657. The van der Waals surface area contributed by atoms with Crippen LogP contribution in [0.5, 0.6) is 0 Å². The third-order valence-electron chi connectivity index (χ3n) is 6.43. The number of aryl methyl sites for hydroxylation is 1. The van der Waals surface area contributed by atoms with E-state index in [1.807, 2.05) is 72.5 Å². The molecule has 2 atom stereocenters. The van der Waals surface area contributed by atoms with E-state index < -0.39 is 11.9 Å². The first-order chi connectivity index (χ1) is 16.0. The first-order valence-electron chi connectivity index (χ1n) is 11.1. The number of carbonyl (C=O) groups is 2. The van der Waals surface area contributed by atoms with Crippen molar-refractivity contribution in [3.63, 3.8) is 0 Å². The van der Waals surface area contributed by atoms with Gasteiger partial charge >= 0.3 is 0 Å². The molecule has 1 aromatic heterocycles. The Bertz CT molecular complexity index is 1200. The third kappa shape index (κ3) is 4.19. The highest BCUT2D eigenvalue weighted by molar-refractivity contribution is 6.03. The summed E-state index contributed by atoms with van der Waals surface area (Å²) in [6, 6.07) is 18.9. The molecule has 0 saturated carbocycles. The van der Waals surface area contributed by atoms with Crippen molar-refractivity contribution in [2.75, 3.05) is 6.54 Å². The van der Waals surface area contributed by atoms with Crippen molar-refractivity contribution in [3.05, 3.63) is 94.9 Å². The second-order valence-electron chi connectivity index (χ2n) is 8.68. The van der Waals surface area contributed by atoms with Gasteiger partial charge in [-0.1, -0.05) is 54.1 Å². The highest BCUT2D eigenvalue weighted by Crippen LogP contribution is 2.34. The minimum absolute atomic E-state index is 0.0455. The number of hydrogen-bond acceptors (Lipinski definition) is 5. The number of hydrogen-bond donors (Lipinski definition) is 1. The van der Waals surface area contributed by atoms with E-state index in [4.69, 9.17) is 15.3 Å². The van der Waals surface area contributed by atoms with Crippen LogP contribution in [0.25, 0.3) is 0 Å². The van der Waals surface area contributed by atoms with E-state index in [0.717, 1.165) is 28.0 Å². The maximum atomic E-state index is 13.5. The zero-order valence-electron chi connectivity index (χ0n) is 18.5. The topological polar surface area (TPSA) is 92.1 Å². The maximum Gasteiger partial charge on any atom is 0.257 e. The summed E-state index contributed by atoms with van der Waals surface area (Å²) in [5, 5.41) is 6.21. The molecule has 5 rings (SSSR count). The summed E-state index contributed by atoms with van der Waals surface area (Å²) in [4.78, 5) is 27.6. The molecule has 3 aromatic rings. The maximum absolute atomic E-state index is 13.5. The summed E-state index contributed by atoms with van der Waals surface area (Å²) in [5.74, 6) is 0.0685. The van der Waals surface area contributed by atoms with Crippen LogP contribution in [0.4, 0.5) is 0 Å². The molecule has 7 nitrogen and oxygen atoms in total. The molecule has 2 N–H and O–H groups in total. The lowest BCUT2D eigenvalue weighted by Gasteiger charge is -2.35. The zero-order chi connectivity index (χ0) is 22.9. The first kappa shape index (κ1) is 21.2. The fourth-order valence-electron chi connectivity index (χ4n) is 4.63. The van der Waals surface area contributed by atoms with Crippen molar-refractivity contribution in [1.82, 2.24) is 9.91 Å². The Labute approximate surface area is 192 Å². The van der Waals surface area contributed by atoms with Crippen molar-refractivity contribution in [2.45, 2.75) is 38.4 Å². The molecule has 2 aliphatic heterocycles. The number of primary amides is 1. The van der Waals surface area contributed by atoms with Gasteiger partial charge in [0.1, 0.15) is 11.8 Å². The second-order valence-corrected chi connectivity index (χ2v) is 8.68. The third-order valence-corrected chi connectivity index (χ3v) is 6.43. The van der Waals surface area contributed by atoms with Crippen LogP contribution in [-0.4, -0.2) is 40.0 Å². The molecule has 33 heavy (non-hydrogen) atoms. The molecule has 0 aliphatic carbocycles. The largest absolute Gasteiger partial charge is 0.467 e. The summed E-state index contributed by atoms with van der Waals surface area (Å²) >= 11 is 0. The predicted molar refractivity (Wildman–Crippen MR) is 124 cm³/mol. The van der Waals surface area contributed by atoms with Gasteiger partial charge in [0.2, 0.25) is 5.91 Å². The fourth-order valence-corrected chi connectivity index (χ4v) is 4.63. The van der Waals surface area contributed by atoms with Gasteiger partial charge in [-0.3, -0.25) is 14.5 Å². The number of nitrogens with two attached hydrogens (primary N) is 1. The summed E-state index contributed by atoms with van der Waals surface area (Å²) < 4.78 is 5.64.